The molecule has 0 heterocycles. The zero-order valence-corrected chi connectivity index (χ0v) is 15.2. The van der Waals surface area contributed by atoms with E-state index in [0.29, 0.717) is 0 Å². The summed E-state index contributed by atoms with van der Waals surface area (Å²) in [4.78, 5) is 13.9. The third-order valence-corrected chi connectivity index (χ3v) is 5.54. The van der Waals surface area contributed by atoms with E-state index in [2.05, 4.69) is 4.72 Å². The van der Waals surface area contributed by atoms with Crippen molar-refractivity contribution in [1.29, 1.82) is 0 Å². The molecule has 1 atom stereocenters. The zero-order chi connectivity index (χ0) is 18.6. The van der Waals surface area contributed by atoms with E-state index >= 15 is 0 Å². The summed E-state index contributed by atoms with van der Waals surface area (Å²) in [6.45, 7) is 3.67. The van der Waals surface area contributed by atoms with Crippen molar-refractivity contribution in [3.8, 4) is 0 Å². The first-order valence-electron chi connectivity index (χ1n) is 7.89. The largest absolute Gasteiger partial charge is 0.335 e. The van der Waals surface area contributed by atoms with Crippen LogP contribution in [0.1, 0.15) is 35.8 Å². The van der Waals surface area contributed by atoms with Crippen LogP contribution in [-0.2, 0) is 10.0 Å². The molecule has 0 saturated heterocycles. The van der Waals surface area contributed by atoms with Gasteiger partial charge in [-0.05, 0) is 30.7 Å². The van der Waals surface area contributed by atoms with E-state index in [1.807, 2.05) is 37.3 Å². The molecule has 0 saturated carbocycles. The van der Waals surface area contributed by atoms with Crippen LogP contribution in [0.5, 0.6) is 0 Å². The monoisotopic (exact) mass is 364 g/mol. The summed E-state index contributed by atoms with van der Waals surface area (Å²) in [6.07, 6.45) is 0. The van der Waals surface area contributed by atoms with Crippen molar-refractivity contribution in [1.82, 2.24) is 9.62 Å². The van der Waals surface area contributed by atoms with Gasteiger partial charge >= 0.3 is 0 Å². The van der Waals surface area contributed by atoms with Crippen LogP contribution in [0.2, 0.25) is 0 Å². The third kappa shape index (κ3) is 4.24. The molecule has 0 aliphatic rings. The lowest BCUT2D eigenvalue weighted by Gasteiger charge is -2.25. The molecule has 0 aliphatic carbocycles. The molecular weight excluding hydrogens is 343 g/mol. The smallest absolute Gasteiger partial charge is 0.257 e. The number of amides is 1. The molecule has 2 aromatic carbocycles. The number of carbonyl (C=O) groups is 1. The number of hydrogen-bond acceptors (Lipinski definition) is 3. The quantitative estimate of drug-likeness (QED) is 0.857. The number of nitrogens with one attached hydrogen (secondary N) is 1. The molecule has 0 aliphatic heterocycles. The lowest BCUT2D eigenvalue weighted by Crippen LogP contribution is -2.31. The fourth-order valence-corrected chi connectivity index (χ4v) is 3.50. The number of halogens is 1. The minimum atomic E-state index is -3.77. The van der Waals surface area contributed by atoms with Gasteiger partial charge in [0, 0.05) is 13.6 Å². The summed E-state index contributed by atoms with van der Waals surface area (Å²) < 4.78 is 40.7. The lowest BCUT2D eigenvalue weighted by atomic mass is 10.1. The van der Waals surface area contributed by atoms with Gasteiger partial charge in [-0.2, -0.15) is 0 Å². The predicted octanol–water partition coefficient (Wildman–Crippen LogP) is 2.96. The zero-order valence-electron chi connectivity index (χ0n) is 14.4. The molecule has 0 bridgehead atoms. The number of benzene rings is 2. The first-order chi connectivity index (χ1) is 11.8. The van der Waals surface area contributed by atoms with Gasteiger partial charge in [0.1, 0.15) is 5.82 Å². The van der Waals surface area contributed by atoms with E-state index in [1.54, 1.807) is 14.0 Å². The Morgan fingerprint density at radius 2 is 1.84 bits per heavy atom. The fourth-order valence-electron chi connectivity index (χ4n) is 2.43. The molecule has 1 unspecified atom stereocenters. The summed E-state index contributed by atoms with van der Waals surface area (Å²) in [5.74, 6) is -1.34. The number of sulfonamides is 1. The third-order valence-electron chi connectivity index (χ3n) is 4.00. The van der Waals surface area contributed by atoms with Crippen LogP contribution >= 0.6 is 0 Å². The van der Waals surface area contributed by atoms with Gasteiger partial charge in [0.25, 0.3) is 5.91 Å². The minimum absolute atomic E-state index is 0.139. The van der Waals surface area contributed by atoms with Gasteiger partial charge in [0.2, 0.25) is 10.0 Å². The maximum atomic E-state index is 14.2. The van der Waals surface area contributed by atoms with Crippen molar-refractivity contribution >= 4 is 15.9 Å². The molecule has 134 valence electrons. The van der Waals surface area contributed by atoms with Crippen LogP contribution in [0.3, 0.4) is 0 Å². The van der Waals surface area contributed by atoms with E-state index in [-0.39, 0.29) is 23.0 Å². The van der Waals surface area contributed by atoms with E-state index in [0.717, 1.165) is 23.8 Å². The highest BCUT2D eigenvalue weighted by Crippen LogP contribution is 2.23. The maximum Gasteiger partial charge on any atom is 0.257 e. The van der Waals surface area contributed by atoms with Crippen LogP contribution in [0.25, 0.3) is 0 Å². The summed E-state index contributed by atoms with van der Waals surface area (Å²) in [5, 5.41) is 0. The van der Waals surface area contributed by atoms with Crippen molar-refractivity contribution in [2.45, 2.75) is 24.8 Å². The van der Waals surface area contributed by atoms with Crippen LogP contribution in [0.15, 0.2) is 53.4 Å². The molecule has 5 nitrogen and oxygen atoms in total. The topological polar surface area (TPSA) is 66.5 Å². The number of nitrogens with zero attached hydrogens (tertiary/aromatic N) is 1. The predicted molar refractivity (Wildman–Crippen MR) is 94.2 cm³/mol. The van der Waals surface area contributed by atoms with Crippen molar-refractivity contribution in [3.63, 3.8) is 0 Å². The SMILES string of the molecule is CCNS(=O)(=O)c1ccc(F)c(C(=O)N(C)C(C)c2ccccc2)c1. The second-order valence-electron chi connectivity index (χ2n) is 5.65. The van der Waals surface area contributed by atoms with Crippen LogP contribution in [0.4, 0.5) is 4.39 Å². The fraction of sp³-hybridized carbons (Fsp3) is 0.278. The number of rotatable bonds is 6. The van der Waals surface area contributed by atoms with Gasteiger partial charge in [-0.25, -0.2) is 17.5 Å². The Hall–Kier alpha value is -2.25. The Balaban J connectivity index is 2.35. The van der Waals surface area contributed by atoms with Gasteiger partial charge in [0.05, 0.1) is 16.5 Å². The van der Waals surface area contributed by atoms with E-state index in [9.17, 15) is 17.6 Å². The highest BCUT2D eigenvalue weighted by Gasteiger charge is 2.24. The molecule has 0 spiro atoms. The highest BCUT2D eigenvalue weighted by molar-refractivity contribution is 7.89. The summed E-state index contributed by atoms with van der Waals surface area (Å²) in [6, 6.07) is 12.2. The van der Waals surface area contributed by atoms with Crippen LogP contribution in [0, 0.1) is 5.82 Å². The molecule has 1 amide bonds. The molecule has 2 rings (SSSR count). The molecule has 2 aromatic rings. The average molecular weight is 364 g/mol. The van der Waals surface area contributed by atoms with Gasteiger partial charge in [0.15, 0.2) is 0 Å². The van der Waals surface area contributed by atoms with Crippen molar-refractivity contribution in [2.24, 2.45) is 0 Å². The lowest BCUT2D eigenvalue weighted by molar-refractivity contribution is 0.0737. The van der Waals surface area contributed by atoms with Gasteiger partial charge in [-0.1, -0.05) is 37.3 Å². The highest BCUT2D eigenvalue weighted by atomic mass is 32.2. The van der Waals surface area contributed by atoms with Gasteiger partial charge < -0.3 is 4.90 Å². The number of carbonyl (C=O) groups excluding carboxylic acids is 1. The Kier molecular flexibility index (Phi) is 5.92. The molecule has 1 N–H and O–H groups in total. The molecule has 0 radical (unpaired) electrons. The van der Waals surface area contributed by atoms with Crippen molar-refractivity contribution in [3.05, 3.63) is 65.5 Å². The van der Waals surface area contributed by atoms with Crippen molar-refractivity contribution < 1.29 is 17.6 Å². The van der Waals surface area contributed by atoms with Crippen LogP contribution in [-0.4, -0.2) is 32.8 Å². The van der Waals surface area contributed by atoms with E-state index in [4.69, 9.17) is 0 Å². The Bertz CT molecular complexity index is 854. The number of hydrogen-bond donors (Lipinski definition) is 1. The summed E-state index contributed by atoms with van der Waals surface area (Å²) >= 11 is 0. The Labute approximate surface area is 147 Å². The van der Waals surface area contributed by atoms with Crippen molar-refractivity contribution in [2.75, 3.05) is 13.6 Å². The molecular formula is C18H21FN2O3S. The normalized spacial score (nSPS) is 12.6. The Morgan fingerprint density at radius 1 is 1.20 bits per heavy atom. The van der Waals surface area contributed by atoms with Crippen LogP contribution < -0.4 is 4.72 Å². The molecule has 0 fully saturated rings. The molecule has 7 heteroatoms. The molecule has 25 heavy (non-hydrogen) atoms. The van der Waals surface area contributed by atoms with Gasteiger partial charge in [-0.3, -0.25) is 4.79 Å². The summed E-state index contributed by atoms with van der Waals surface area (Å²) in [5.41, 5.74) is 0.624. The van der Waals surface area contributed by atoms with Gasteiger partial charge in [-0.15, -0.1) is 0 Å². The first-order valence-corrected chi connectivity index (χ1v) is 9.37. The second-order valence-corrected chi connectivity index (χ2v) is 7.41. The Morgan fingerprint density at radius 3 is 2.44 bits per heavy atom. The second kappa shape index (κ2) is 7.76. The minimum Gasteiger partial charge on any atom is -0.335 e. The summed E-state index contributed by atoms with van der Waals surface area (Å²) in [7, 11) is -2.21. The average Bonchev–Trinajstić information content (AvgIpc) is 2.60. The standard InChI is InChI=1S/C18H21FN2O3S/c1-4-20-25(23,24)15-10-11-17(19)16(12-15)18(22)21(3)13(2)14-8-6-5-7-9-14/h5-13,20H,4H2,1-3H3. The molecule has 0 aromatic heterocycles. The van der Waals surface area contributed by atoms with E-state index < -0.39 is 21.7 Å². The first kappa shape index (κ1) is 19.1. The maximum absolute atomic E-state index is 14.2. The van der Waals surface area contributed by atoms with E-state index in [1.165, 1.54) is 4.90 Å².